The fourth-order valence-electron chi connectivity index (χ4n) is 2.27. The highest BCUT2D eigenvalue weighted by Gasteiger charge is 2.49. The minimum atomic E-state index is -0.635. The van der Waals surface area contributed by atoms with Gasteiger partial charge in [0, 0.05) is 0 Å². The van der Waals surface area contributed by atoms with E-state index in [0.717, 1.165) is 24.8 Å². The van der Waals surface area contributed by atoms with E-state index in [1.54, 1.807) is 0 Å². The molecule has 1 saturated carbocycles. The van der Waals surface area contributed by atoms with Crippen molar-refractivity contribution in [2.75, 3.05) is 0 Å². The molecule has 0 heterocycles. The monoisotopic (exact) mass is 232 g/mol. The molecule has 0 radical (unpaired) electrons. The van der Waals surface area contributed by atoms with Gasteiger partial charge in [-0.1, -0.05) is 38.1 Å². The number of hydrogen-bond donors (Lipinski definition) is 1. The summed E-state index contributed by atoms with van der Waals surface area (Å²) in [5, 5.41) is 9.14. The average molecular weight is 232 g/mol. The van der Waals surface area contributed by atoms with Crippen molar-refractivity contribution >= 4 is 5.97 Å². The summed E-state index contributed by atoms with van der Waals surface area (Å²) in [5.74, 6) is 0.0263. The van der Waals surface area contributed by atoms with Gasteiger partial charge in [-0.15, -0.1) is 0 Å². The highest BCUT2D eigenvalue weighted by atomic mass is 16.4. The first-order valence-corrected chi connectivity index (χ1v) is 6.33. The van der Waals surface area contributed by atoms with Crippen LogP contribution in [-0.4, -0.2) is 11.1 Å². The van der Waals surface area contributed by atoms with E-state index in [9.17, 15) is 4.79 Å². The predicted molar refractivity (Wildman–Crippen MR) is 68.0 cm³/mol. The quantitative estimate of drug-likeness (QED) is 0.845. The van der Waals surface area contributed by atoms with Crippen LogP contribution in [0.15, 0.2) is 24.3 Å². The van der Waals surface area contributed by atoms with E-state index < -0.39 is 11.4 Å². The van der Waals surface area contributed by atoms with Gasteiger partial charge < -0.3 is 5.11 Å². The first-order chi connectivity index (χ1) is 8.02. The number of benzene rings is 1. The van der Waals surface area contributed by atoms with Crippen molar-refractivity contribution in [2.45, 2.75) is 39.5 Å². The standard InChI is InChI=1S/C15H20O2/c1-11(2)9-12-3-5-13(6-4-12)10-15(7-8-15)14(16)17/h3-6,11H,7-10H2,1-2H3,(H,16,17). The van der Waals surface area contributed by atoms with E-state index in [4.69, 9.17) is 5.11 Å². The van der Waals surface area contributed by atoms with E-state index in [2.05, 4.69) is 38.1 Å². The zero-order valence-corrected chi connectivity index (χ0v) is 10.6. The molecule has 92 valence electrons. The number of carboxylic acid groups (broad SMARTS) is 1. The number of carbonyl (C=O) groups is 1. The fraction of sp³-hybridized carbons (Fsp3) is 0.533. The Labute approximate surface area is 103 Å². The largest absolute Gasteiger partial charge is 0.481 e. The molecule has 2 heteroatoms. The maximum Gasteiger partial charge on any atom is 0.309 e. The zero-order valence-electron chi connectivity index (χ0n) is 10.6. The molecular formula is C15H20O2. The summed E-state index contributed by atoms with van der Waals surface area (Å²) in [6, 6.07) is 8.43. The second-order valence-electron chi connectivity index (χ2n) is 5.68. The molecule has 1 aromatic rings. The number of carboxylic acids is 1. The fourth-order valence-corrected chi connectivity index (χ4v) is 2.27. The molecule has 0 amide bonds. The smallest absolute Gasteiger partial charge is 0.309 e. The minimum absolute atomic E-state index is 0.445. The molecule has 2 nitrogen and oxygen atoms in total. The summed E-state index contributed by atoms with van der Waals surface area (Å²) in [5.41, 5.74) is 2.04. The van der Waals surface area contributed by atoms with Gasteiger partial charge >= 0.3 is 5.97 Å². The van der Waals surface area contributed by atoms with Gasteiger partial charge in [0.1, 0.15) is 0 Å². The van der Waals surface area contributed by atoms with Gasteiger partial charge in [-0.25, -0.2) is 0 Å². The molecule has 0 aliphatic heterocycles. The van der Waals surface area contributed by atoms with E-state index in [0.29, 0.717) is 12.3 Å². The maximum absolute atomic E-state index is 11.1. The third-order valence-electron chi connectivity index (χ3n) is 3.52. The van der Waals surface area contributed by atoms with Crippen LogP contribution >= 0.6 is 0 Å². The topological polar surface area (TPSA) is 37.3 Å². The molecule has 1 aliphatic carbocycles. The molecule has 1 aliphatic rings. The lowest BCUT2D eigenvalue weighted by molar-refractivity contribution is -0.143. The van der Waals surface area contributed by atoms with Gasteiger partial charge in [0.15, 0.2) is 0 Å². The minimum Gasteiger partial charge on any atom is -0.481 e. The molecule has 0 unspecified atom stereocenters. The molecule has 0 atom stereocenters. The summed E-state index contributed by atoms with van der Waals surface area (Å²) >= 11 is 0. The Morgan fingerprint density at radius 3 is 2.18 bits per heavy atom. The Balaban J connectivity index is 2.01. The van der Waals surface area contributed by atoms with E-state index in [1.165, 1.54) is 5.56 Å². The average Bonchev–Trinajstić information content (AvgIpc) is 3.01. The van der Waals surface area contributed by atoms with Crippen molar-refractivity contribution < 1.29 is 9.90 Å². The summed E-state index contributed by atoms with van der Waals surface area (Å²) in [7, 11) is 0. The van der Waals surface area contributed by atoms with Gasteiger partial charge in [-0.3, -0.25) is 4.79 Å². The lowest BCUT2D eigenvalue weighted by Gasteiger charge is -2.10. The molecule has 0 spiro atoms. The van der Waals surface area contributed by atoms with E-state index in [1.807, 2.05) is 0 Å². The van der Waals surface area contributed by atoms with Gasteiger partial charge in [0.2, 0.25) is 0 Å². The van der Waals surface area contributed by atoms with E-state index in [-0.39, 0.29) is 0 Å². The van der Waals surface area contributed by atoms with Crippen LogP contribution in [0.5, 0.6) is 0 Å². The van der Waals surface area contributed by atoms with Gasteiger partial charge in [-0.2, -0.15) is 0 Å². The second kappa shape index (κ2) is 4.52. The molecule has 0 aromatic heterocycles. The van der Waals surface area contributed by atoms with Crippen molar-refractivity contribution in [2.24, 2.45) is 11.3 Å². The van der Waals surface area contributed by atoms with Crippen LogP contribution in [0, 0.1) is 11.3 Å². The van der Waals surface area contributed by atoms with Crippen LogP contribution in [0.3, 0.4) is 0 Å². The Morgan fingerprint density at radius 2 is 1.76 bits per heavy atom. The molecule has 1 N–H and O–H groups in total. The molecule has 1 aromatic carbocycles. The SMILES string of the molecule is CC(C)Cc1ccc(CC2(C(=O)O)CC2)cc1. The Bertz CT molecular complexity index is 399. The Hall–Kier alpha value is -1.31. The van der Waals surface area contributed by atoms with Crippen molar-refractivity contribution in [3.05, 3.63) is 35.4 Å². The molecule has 0 bridgehead atoms. The van der Waals surface area contributed by atoms with Crippen LogP contribution in [0.4, 0.5) is 0 Å². The molecule has 2 rings (SSSR count). The van der Waals surface area contributed by atoms with Gasteiger partial charge in [-0.05, 0) is 42.7 Å². The number of aliphatic carboxylic acids is 1. The second-order valence-corrected chi connectivity index (χ2v) is 5.68. The lowest BCUT2D eigenvalue weighted by Crippen LogP contribution is -2.17. The third-order valence-corrected chi connectivity index (χ3v) is 3.52. The Morgan fingerprint density at radius 1 is 1.24 bits per heavy atom. The van der Waals surface area contributed by atoms with Crippen LogP contribution in [-0.2, 0) is 17.6 Å². The Kier molecular flexibility index (Phi) is 3.23. The van der Waals surface area contributed by atoms with Crippen LogP contribution < -0.4 is 0 Å². The highest BCUT2D eigenvalue weighted by molar-refractivity contribution is 5.78. The maximum atomic E-state index is 11.1. The summed E-state index contributed by atoms with van der Waals surface area (Å²) < 4.78 is 0. The molecule has 1 fully saturated rings. The van der Waals surface area contributed by atoms with Crippen molar-refractivity contribution in [1.29, 1.82) is 0 Å². The predicted octanol–water partition coefficient (Wildman–Crippen LogP) is 3.29. The van der Waals surface area contributed by atoms with Crippen molar-refractivity contribution in [3.8, 4) is 0 Å². The van der Waals surface area contributed by atoms with E-state index >= 15 is 0 Å². The zero-order chi connectivity index (χ0) is 12.5. The first kappa shape index (κ1) is 12.2. The molecule has 0 saturated heterocycles. The summed E-state index contributed by atoms with van der Waals surface area (Å²) in [6.45, 7) is 4.41. The number of hydrogen-bond acceptors (Lipinski definition) is 1. The normalized spacial score (nSPS) is 17.1. The van der Waals surface area contributed by atoms with Gasteiger partial charge in [0.05, 0.1) is 5.41 Å². The lowest BCUT2D eigenvalue weighted by atomic mass is 9.94. The van der Waals surface area contributed by atoms with Crippen molar-refractivity contribution in [3.63, 3.8) is 0 Å². The summed E-state index contributed by atoms with van der Waals surface area (Å²) in [4.78, 5) is 11.1. The molecular weight excluding hydrogens is 212 g/mol. The third kappa shape index (κ3) is 2.87. The van der Waals surface area contributed by atoms with Crippen molar-refractivity contribution in [1.82, 2.24) is 0 Å². The highest BCUT2D eigenvalue weighted by Crippen LogP contribution is 2.48. The summed E-state index contributed by atoms with van der Waals surface area (Å²) in [6.07, 6.45) is 3.43. The van der Waals surface area contributed by atoms with Gasteiger partial charge in [0.25, 0.3) is 0 Å². The molecule has 17 heavy (non-hydrogen) atoms. The van der Waals surface area contributed by atoms with Crippen LogP contribution in [0.2, 0.25) is 0 Å². The first-order valence-electron chi connectivity index (χ1n) is 6.33. The number of rotatable bonds is 5. The van der Waals surface area contributed by atoms with Crippen LogP contribution in [0.1, 0.15) is 37.8 Å². The van der Waals surface area contributed by atoms with Crippen LogP contribution in [0.25, 0.3) is 0 Å².